The number of aliphatic hydroxyl groups excluding tert-OH is 1. The van der Waals surface area contributed by atoms with Crippen molar-refractivity contribution in [3.63, 3.8) is 0 Å². The van der Waals surface area contributed by atoms with Gasteiger partial charge in [0.2, 0.25) is 0 Å². The van der Waals surface area contributed by atoms with Crippen molar-refractivity contribution >= 4 is 0 Å². The molecule has 0 aromatic heterocycles. The Morgan fingerprint density at radius 3 is 1.68 bits per heavy atom. The minimum absolute atomic E-state index is 0.0683. The van der Waals surface area contributed by atoms with Crippen molar-refractivity contribution in [3.8, 4) is 0 Å². The maximum absolute atomic E-state index is 11.7. The van der Waals surface area contributed by atoms with Crippen molar-refractivity contribution in [2.24, 2.45) is 59.2 Å². The molecule has 1 N–H and O–H groups in total. The van der Waals surface area contributed by atoms with Crippen molar-refractivity contribution in [3.05, 3.63) is 0 Å². The van der Waals surface area contributed by atoms with E-state index in [1.807, 2.05) is 0 Å². The second kappa shape index (κ2) is 5.98. The van der Waals surface area contributed by atoms with Gasteiger partial charge in [0.15, 0.2) is 0 Å². The van der Waals surface area contributed by atoms with Crippen LogP contribution in [0.1, 0.15) is 83.5 Å². The first-order valence-corrected chi connectivity index (χ1v) is 12.0. The van der Waals surface area contributed by atoms with Gasteiger partial charge < -0.3 is 5.11 Å². The lowest BCUT2D eigenvalue weighted by Gasteiger charge is -2.66. The van der Waals surface area contributed by atoms with Crippen molar-refractivity contribution in [1.82, 2.24) is 0 Å². The summed E-state index contributed by atoms with van der Waals surface area (Å²) in [6.45, 7) is 0. The van der Waals surface area contributed by atoms with Crippen LogP contribution in [-0.2, 0) is 0 Å². The maximum atomic E-state index is 11.7. The van der Waals surface area contributed by atoms with E-state index in [-0.39, 0.29) is 6.10 Å². The fourth-order valence-corrected chi connectivity index (χ4v) is 10.2. The average Bonchev–Trinajstić information content (AvgIpc) is 2.67. The molecule has 6 aliphatic rings. The zero-order chi connectivity index (χ0) is 16.5. The number of aliphatic hydroxyl groups is 1. The van der Waals surface area contributed by atoms with Gasteiger partial charge >= 0.3 is 0 Å². The summed E-state index contributed by atoms with van der Waals surface area (Å²) in [6.07, 6.45) is 19.3. The lowest BCUT2D eigenvalue weighted by molar-refractivity contribution is -0.211. The van der Waals surface area contributed by atoms with Crippen LogP contribution in [0.4, 0.5) is 0 Å². The standard InChI is InChI=1S/C24H38O/c25-24-19-9-2-1-8-15(19)16-11-5-12-18-17-10-3-6-14-7-4-13-20(21(14)17)23(24)22(16)18/h14-25H,1-13H2. The summed E-state index contributed by atoms with van der Waals surface area (Å²) in [5.74, 6) is 9.22. The first kappa shape index (κ1) is 16.0. The molecular weight excluding hydrogens is 304 g/mol. The molecule has 11 unspecified atom stereocenters. The smallest absolute Gasteiger partial charge is 0.0604 e. The van der Waals surface area contributed by atoms with E-state index in [9.17, 15) is 5.11 Å². The normalized spacial score (nSPS) is 60.1. The second-order valence-electron chi connectivity index (χ2n) is 11.0. The third-order valence-corrected chi connectivity index (χ3v) is 10.6. The van der Waals surface area contributed by atoms with Crippen molar-refractivity contribution in [2.75, 3.05) is 0 Å². The van der Waals surface area contributed by atoms with Crippen LogP contribution in [0.2, 0.25) is 0 Å². The third-order valence-electron chi connectivity index (χ3n) is 10.6. The highest BCUT2D eigenvalue weighted by Gasteiger charge is 2.62. The summed E-state index contributed by atoms with van der Waals surface area (Å²) in [5.41, 5.74) is 0. The number of fused-ring (bicyclic) bond motifs is 4. The molecule has 25 heavy (non-hydrogen) atoms. The van der Waals surface area contributed by atoms with Crippen LogP contribution < -0.4 is 0 Å². The lowest BCUT2D eigenvalue weighted by Crippen LogP contribution is -2.63. The quantitative estimate of drug-likeness (QED) is 0.602. The molecule has 6 saturated carbocycles. The van der Waals surface area contributed by atoms with Crippen LogP contribution in [0.5, 0.6) is 0 Å². The van der Waals surface area contributed by atoms with Crippen LogP contribution in [0.15, 0.2) is 0 Å². The van der Waals surface area contributed by atoms with Crippen molar-refractivity contribution < 1.29 is 5.11 Å². The van der Waals surface area contributed by atoms with Gasteiger partial charge in [-0.1, -0.05) is 44.9 Å². The summed E-state index contributed by atoms with van der Waals surface area (Å²) >= 11 is 0. The predicted molar refractivity (Wildman–Crippen MR) is 101 cm³/mol. The van der Waals surface area contributed by atoms with Gasteiger partial charge in [0, 0.05) is 0 Å². The van der Waals surface area contributed by atoms with Gasteiger partial charge in [0.25, 0.3) is 0 Å². The van der Waals surface area contributed by atoms with Crippen LogP contribution in [0, 0.1) is 59.2 Å². The predicted octanol–water partition coefficient (Wildman–Crippen LogP) is 5.66. The van der Waals surface area contributed by atoms with Crippen LogP contribution in [0.25, 0.3) is 0 Å². The maximum Gasteiger partial charge on any atom is 0.0604 e. The van der Waals surface area contributed by atoms with E-state index >= 15 is 0 Å². The number of hydrogen-bond donors (Lipinski definition) is 1. The molecule has 6 rings (SSSR count). The van der Waals surface area contributed by atoms with E-state index in [4.69, 9.17) is 0 Å². The van der Waals surface area contributed by atoms with Gasteiger partial charge in [-0.25, -0.2) is 0 Å². The van der Waals surface area contributed by atoms with Gasteiger partial charge in [0.05, 0.1) is 6.10 Å². The zero-order valence-electron chi connectivity index (χ0n) is 16.0. The summed E-state index contributed by atoms with van der Waals surface area (Å²) in [5, 5.41) is 11.7. The fraction of sp³-hybridized carbons (Fsp3) is 1.00. The van der Waals surface area contributed by atoms with Crippen LogP contribution >= 0.6 is 0 Å². The molecule has 0 aromatic carbocycles. The summed E-state index contributed by atoms with van der Waals surface area (Å²) in [6, 6.07) is 0. The monoisotopic (exact) mass is 342 g/mol. The van der Waals surface area contributed by atoms with Gasteiger partial charge in [-0.2, -0.15) is 0 Å². The molecule has 140 valence electrons. The van der Waals surface area contributed by atoms with E-state index < -0.39 is 0 Å². The molecule has 11 atom stereocenters. The lowest BCUT2D eigenvalue weighted by atomic mass is 9.39. The molecule has 0 bridgehead atoms. The van der Waals surface area contributed by atoms with E-state index in [1.165, 1.54) is 77.0 Å². The Morgan fingerprint density at radius 1 is 0.400 bits per heavy atom. The highest BCUT2D eigenvalue weighted by Crippen LogP contribution is 2.67. The first-order valence-electron chi connectivity index (χ1n) is 12.0. The minimum Gasteiger partial charge on any atom is -0.393 e. The Kier molecular flexibility index (Phi) is 3.82. The zero-order valence-corrected chi connectivity index (χ0v) is 16.0. The number of rotatable bonds is 0. The van der Waals surface area contributed by atoms with Crippen molar-refractivity contribution in [1.29, 1.82) is 0 Å². The molecular formula is C24H38O. The van der Waals surface area contributed by atoms with E-state index in [2.05, 4.69) is 0 Å². The topological polar surface area (TPSA) is 20.2 Å². The minimum atomic E-state index is 0.0683. The third kappa shape index (κ3) is 2.17. The Bertz CT molecular complexity index is 512. The van der Waals surface area contributed by atoms with Crippen LogP contribution in [0.3, 0.4) is 0 Å². The van der Waals surface area contributed by atoms with E-state index in [0.29, 0.717) is 11.8 Å². The first-order chi connectivity index (χ1) is 12.3. The average molecular weight is 343 g/mol. The largest absolute Gasteiger partial charge is 0.393 e. The Labute approximate surface area is 154 Å². The SMILES string of the molecule is OC1C2CCCCC2C2CCCC3C4CCCC5CCCC(C54)C1C23. The van der Waals surface area contributed by atoms with Crippen molar-refractivity contribution in [2.45, 2.75) is 89.6 Å². The Hall–Kier alpha value is -0.0400. The molecule has 0 saturated heterocycles. The Morgan fingerprint density at radius 2 is 0.920 bits per heavy atom. The van der Waals surface area contributed by atoms with Crippen LogP contribution in [-0.4, -0.2) is 11.2 Å². The molecule has 0 aromatic rings. The second-order valence-corrected chi connectivity index (χ2v) is 11.0. The molecule has 0 radical (unpaired) electrons. The van der Waals surface area contributed by atoms with Gasteiger partial charge in [-0.3, -0.25) is 0 Å². The van der Waals surface area contributed by atoms with E-state index in [1.54, 1.807) is 6.42 Å². The molecule has 0 heterocycles. The highest BCUT2D eigenvalue weighted by molar-refractivity contribution is 5.11. The molecule has 0 spiro atoms. The molecule has 0 aliphatic heterocycles. The van der Waals surface area contributed by atoms with Gasteiger partial charge in [0.1, 0.15) is 0 Å². The van der Waals surface area contributed by atoms with Gasteiger partial charge in [-0.15, -0.1) is 0 Å². The fourth-order valence-electron chi connectivity index (χ4n) is 10.2. The summed E-state index contributed by atoms with van der Waals surface area (Å²) in [7, 11) is 0. The Balaban J connectivity index is 1.43. The molecule has 6 aliphatic carbocycles. The molecule has 1 nitrogen and oxygen atoms in total. The molecule has 1 heteroatoms. The number of hydrogen-bond acceptors (Lipinski definition) is 1. The highest BCUT2D eigenvalue weighted by atomic mass is 16.3. The summed E-state index contributed by atoms with van der Waals surface area (Å²) < 4.78 is 0. The molecule has 6 fully saturated rings. The van der Waals surface area contributed by atoms with Gasteiger partial charge in [-0.05, 0) is 97.7 Å². The molecule has 0 amide bonds. The summed E-state index contributed by atoms with van der Waals surface area (Å²) in [4.78, 5) is 0. The van der Waals surface area contributed by atoms with E-state index in [0.717, 1.165) is 47.3 Å².